The first-order valence-electron chi connectivity index (χ1n) is 12.5. The van der Waals surface area contributed by atoms with Gasteiger partial charge in [0.25, 0.3) is 0 Å². The number of fused-ring (bicyclic) bond motifs is 10. The molecule has 4 aromatic carbocycles. The van der Waals surface area contributed by atoms with E-state index in [0.717, 1.165) is 60.7 Å². The molecule has 0 saturated heterocycles. The standard InChI is InChI=1S/C31H20N4O2/c1-15-30-29(36-27-12-22-19(11-25(27)35-30)17-7-3-5-9-21(17)32-22)14-26-31(15)37-28-13-23-18(10-24(28)34-26)16-6-2-4-8-20(16)33-23/h2-14,24,28,32-33H,1H3. The highest BCUT2D eigenvalue weighted by Gasteiger charge is 2.29. The lowest BCUT2D eigenvalue weighted by molar-refractivity contribution is 0.231. The fourth-order valence-corrected chi connectivity index (χ4v) is 6.01. The molecule has 4 heterocycles. The number of hydrogen-bond donors (Lipinski definition) is 2. The minimum absolute atomic E-state index is 0.101. The van der Waals surface area contributed by atoms with E-state index < -0.39 is 0 Å². The zero-order valence-corrected chi connectivity index (χ0v) is 19.9. The average molecular weight is 481 g/mol. The fraction of sp³-hybridized carbons (Fsp3) is 0.0968. The first kappa shape index (κ1) is 19.4. The number of aromatic nitrogens is 2. The third-order valence-corrected chi connectivity index (χ3v) is 7.79. The van der Waals surface area contributed by atoms with E-state index in [2.05, 4.69) is 64.6 Å². The second-order valence-electron chi connectivity index (χ2n) is 9.98. The van der Waals surface area contributed by atoms with Gasteiger partial charge in [0.2, 0.25) is 0 Å². The Morgan fingerprint density at radius 2 is 1.59 bits per heavy atom. The van der Waals surface area contributed by atoms with Gasteiger partial charge in [-0.2, -0.15) is 0 Å². The van der Waals surface area contributed by atoms with Crippen LogP contribution in [0.4, 0.5) is 5.69 Å². The summed E-state index contributed by atoms with van der Waals surface area (Å²) in [6.07, 6.45) is 4.19. The van der Waals surface area contributed by atoms with E-state index in [-0.39, 0.29) is 12.1 Å². The van der Waals surface area contributed by atoms with Gasteiger partial charge in [0.15, 0.2) is 17.2 Å². The molecule has 0 amide bonds. The van der Waals surface area contributed by atoms with E-state index in [4.69, 9.17) is 19.5 Å². The van der Waals surface area contributed by atoms with Crippen molar-refractivity contribution >= 4 is 50.5 Å². The minimum atomic E-state index is -0.174. The molecule has 2 aliphatic heterocycles. The number of aromatic amines is 2. The van der Waals surface area contributed by atoms with Gasteiger partial charge in [-0.3, -0.25) is 4.99 Å². The molecule has 3 aliphatic rings. The Morgan fingerprint density at radius 3 is 2.49 bits per heavy atom. The predicted molar refractivity (Wildman–Crippen MR) is 144 cm³/mol. The van der Waals surface area contributed by atoms with E-state index >= 15 is 0 Å². The number of nitrogens with one attached hydrogen (secondary N) is 2. The molecular formula is C31H20N4O2. The third kappa shape index (κ3) is 2.59. The zero-order chi connectivity index (χ0) is 24.2. The Morgan fingerprint density at radius 1 is 0.784 bits per heavy atom. The summed E-state index contributed by atoms with van der Waals surface area (Å²) in [6.45, 7) is 2.04. The topological polar surface area (TPSA) is 74.8 Å². The van der Waals surface area contributed by atoms with E-state index in [1.807, 2.05) is 31.2 Å². The van der Waals surface area contributed by atoms with Crippen LogP contribution in [0.1, 0.15) is 5.56 Å². The van der Waals surface area contributed by atoms with Crippen molar-refractivity contribution < 1.29 is 9.47 Å². The second kappa shape index (κ2) is 6.68. The number of hydrogen-bond acceptors (Lipinski definition) is 4. The zero-order valence-electron chi connectivity index (χ0n) is 19.9. The van der Waals surface area contributed by atoms with Crippen LogP contribution in [-0.4, -0.2) is 22.1 Å². The van der Waals surface area contributed by atoms with Crippen molar-refractivity contribution in [1.82, 2.24) is 9.97 Å². The summed E-state index contributed by atoms with van der Waals surface area (Å²) < 4.78 is 13.0. The summed E-state index contributed by atoms with van der Waals surface area (Å²) in [5.41, 5.74) is 5.01. The summed E-state index contributed by atoms with van der Waals surface area (Å²) >= 11 is 0. The van der Waals surface area contributed by atoms with Crippen LogP contribution >= 0.6 is 0 Å². The Hall–Kier alpha value is -4.84. The highest BCUT2D eigenvalue weighted by Crippen LogP contribution is 2.40. The lowest BCUT2D eigenvalue weighted by Gasteiger charge is -2.28. The van der Waals surface area contributed by atoms with Gasteiger partial charge in [-0.15, -0.1) is 0 Å². The minimum Gasteiger partial charge on any atom is -0.481 e. The van der Waals surface area contributed by atoms with Crippen LogP contribution in [0.5, 0.6) is 17.2 Å². The molecule has 37 heavy (non-hydrogen) atoms. The van der Waals surface area contributed by atoms with Gasteiger partial charge in [-0.05, 0) is 37.3 Å². The van der Waals surface area contributed by atoms with Gasteiger partial charge in [0, 0.05) is 55.5 Å². The molecule has 0 fully saturated rings. The molecule has 2 aromatic heterocycles. The van der Waals surface area contributed by atoms with E-state index in [1.54, 1.807) is 0 Å². The van der Waals surface area contributed by atoms with E-state index in [1.165, 1.54) is 16.0 Å². The van der Waals surface area contributed by atoms with Crippen LogP contribution in [0.3, 0.4) is 0 Å². The van der Waals surface area contributed by atoms with E-state index in [0.29, 0.717) is 5.75 Å². The first-order valence-corrected chi connectivity index (χ1v) is 12.5. The highest BCUT2D eigenvalue weighted by molar-refractivity contribution is 6.08. The molecule has 6 nitrogen and oxygen atoms in total. The quantitative estimate of drug-likeness (QED) is 0.342. The molecule has 2 atom stereocenters. The highest BCUT2D eigenvalue weighted by atomic mass is 16.5. The van der Waals surface area contributed by atoms with Crippen molar-refractivity contribution in [1.29, 1.82) is 0 Å². The maximum atomic E-state index is 6.57. The number of benzene rings is 4. The van der Waals surface area contributed by atoms with Crippen molar-refractivity contribution in [2.75, 3.05) is 0 Å². The van der Waals surface area contributed by atoms with Gasteiger partial charge in [0.1, 0.15) is 28.5 Å². The molecule has 2 unspecified atom stereocenters. The molecule has 1 aliphatic carbocycles. The molecule has 6 heteroatoms. The maximum absolute atomic E-state index is 6.57. The SMILES string of the molecule is Cc1c2c(cc3c1=Nc1cc4c(cc1O3)[nH]c1ccccc14)=NC1C=c3c([nH]c4ccccc34)=CC1O2. The fourth-order valence-electron chi connectivity index (χ4n) is 6.01. The average Bonchev–Trinajstić information content (AvgIpc) is 3.46. The van der Waals surface area contributed by atoms with Crippen LogP contribution in [0.2, 0.25) is 0 Å². The molecule has 6 aromatic rings. The van der Waals surface area contributed by atoms with Crippen LogP contribution in [0.25, 0.3) is 44.9 Å². The van der Waals surface area contributed by atoms with Crippen molar-refractivity contribution in [3.63, 3.8) is 0 Å². The summed E-state index contributed by atoms with van der Waals surface area (Å²) in [5, 5.41) is 7.39. The van der Waals surface area contributed by atoms with Gasteiger partial charge < -0.3 is 19.4 Å². The summed E-state index contributed by atoms with van der Waals surface area (Å²) in [6, 6.07) is 22.7. The van der Waals surface area contributed by atoms with Crippen LogP contribution in [-0.2, 0) is 0 Å². The number of H-pyrrole nitrogens is 2. The monoisotopic (exact) mass is 480 g/mol. The normalized spacial score (nSPS) is 18.6. The predicted octanol–water partition coefficient (Wildman–Crippen LogP) is 4.19. The van der Waals surface area contributed by atoms with Gasteiger partial charge in [0.05, 0.1) is 5.52 Å². The van der Waals surface area contributed by atoms with Crippen molar-refractivity contribution in [2.45, 2.75) is 19.1 Å². The number of ether oxygens (including phenoxy) is 2. The van der Waals surface area contributed by atoms with Gasteiger partial charge >= 0.3 is 0 Å². The molecule has 2 N–H and O–H groups in total. The Bertz CT molecular complexity index is 2240. The van der Waals surface area contributed by atoms with Crippen molar-refractivity contribution in [2.24, 2.45) is 9.98 Å². The van der Waals surface area contributed by atoms with E-state index in [9.17, 15) is 0 Å². The Balaban J connectivity index is 1.23. The summed E-state index contributed by atoms with van der Waals surface area (Å²) in [5.74, 6) is 2.22. The Kier molecular flexibility index (Phi) is 3.49. The van der Waals surface area contributed by atoms with Crippen LogP contribution in [0, 0.1) is 6.92 Å². The molecule has 0 spiro atoms. The molecule has 9 rings (SSSR count). The van der Waals surface area contributed by atoms with Crippen molar-refractivity contribution in [3.05, 3.63) is 93.6 Å². The smallest absolute Gasteiger partial charge is 0.155 e. The first-order chi connectivity index (χ1) is 18.2. The van der Waals surface area contributed by atoms with Crippen LogP contribution in [0.15, 0.2) is 76.7 Å². The molecule has 0 saturated carbocycles. The second-order valence-corrected chi connectivity index (χ2v) is 9.98. The molecule has 0 bridgehead atoms. The maximum Gasteiger partial charge on any atom is 0.155 e. The van der Waals surface area contributed by atoms with Crippen LogP contribution < -0.4 is 30.8 Å². The summed E-state index contributed by atoms with van der Waals surface area (Å²) in [4.78, 5) is 17.2. The summed E-state index contributed by atoms with van der Waals surface area (Å²) in [7, 11) is 0. The molecule has 0 radical (unpaired) electrons. The van der Waals surface area contributed by atoms with Crippen molar-refractivity contribution in [3.8, 4) is 17.2 Å². The largest absolute Gasteiger partial charge is 0.481 e. The van der Waals surface area contributed by atoms with Gasteiger partial charge in [-0.25, -0.2) is 4.99 Å². The number of nitrogens with zero attached hydrogens (tertiary/aromatic N) is 2. The Labute approximate surface area is 209 Å². The third-order valence-electron chi connectivity index (χ3n) is 7.79. The number of para-hydroxylation sites is 2. The van der Waals surface area contributed by atoms with Gasteiger partial charge in [-0.1, -0.05) is 36.4 Å². The lowest BCUT2D eigenvalue weighted by Crippen LogP contribution is -2.44. The lowest BCUT2D eigenvalue weighted by atomic mass is 10.0. The molecule has 176 valence electrons. The number of rotatable bonds is 0. The molecular weight excluding hydrogens is 460 g/mol.